The van der Waals surface area contributed by atoms with Crippen LogP contribution in [0.25, 0.3) is 93.8 Å². The lowest BCUT2D eigenvalue weighted by atomic mass is 9.85. The van der Waals surface area contributed by atoms with Crippen LogP contribution in [0.5, 0.6) is 0 Å². The first kappa shape index (κ1) is 38.8. The number of nitrogens with zero attached hydrogens (tertiary/aromatic N) is 2. The second-order valence-electron chi connectivity index (χ2n) is 17.4. The monoisotopic (exact) mass is 870 g/mol. The largest absolute Gasteiger partial charge is 0.456 e. The Morgan fingerprint density at radius 3 is 1.46 bits per heavy atom. The van der Waals surface area contributed by atoms with Gasteiger partial charge in [0.25, 0.3) is 0 Å². The van der Waals surface area contributed by atoms with Crippen molar-refractivity contribution >= 4 is 83.3 Å². The molecular formula is C63H42N2OSi. The summed E-state index contributed by atoms with van der Waals surface area (Å²) in [7, 11) is -2.97. The molecule has 2 aromatic heterocycles. The lowest BCUT2D eigenvalue weighted by Crippen LogP contribution is -2.74. The number of furan rings is 1. The van der Waals surface area contributed by atoms with Crippen LogP contribution in [0.15, 0.2) is 259 Å². The Balaban J connectivity index is 1.04. The van der Waals surface area contributed by atoms with E-state index in [1.54, 1.807) is 0 Å². The Hall–Kier alpha value is -8.57. The van der Waals surface area contributed by atoms with Crippen LogP contribution in [0.1, 0.15) is 0 Å². The summed E-state index contributed by atoms with van der Waals surface area (Å²) in [4.78, 5) is 5.25. The summed E-state index contributed by atoms with van der Waals surface area (Å²) in [5.41, 5.74) is 10.8. The Bertz CT molecular complexity index is 3890. The number of aromatic nitrogens is 2. The summed E-state index contributed by atoms with van der Waals surface area (Å²) in [6.45, 7) is 0. The third kappa shape index (κ3) is 6.22. The average Bonchev–Trinajstić information content (AvgIpc) is 3.98. The molecule has 67 heavy (non-hydrogen) atoms. The lowest BCUT2D eigenvalue weighted by molar-refractivity contribution is 0.669. The summed E-state index contributed by atoms with van der Waals surface area (Å²) in [5.74, 6) is 0.917. The molecule has 0 saturated carbocycles. The van der Waals surface area contributed by atoms with Gasteiger partial charge in [0.15, 0.2) is 8.07 Å². The van der Waals surface area contributed by atoms with Crippen molar-refractivity contribution in [3.05, 3.63) is 255 Å². The number of fused-ring (bicyclic) bond motifs is 6. The zero-order chi connectivity index (χ0) is 44.3. The normalized spacial score (nSPS) is 11.9. The van der Waals surface area contributed by atoms with Crippen LogP contribution in [-0.2, 0) is 0 Å². The zero-order valence-corrected chi connectivity index (χ0v) is 37.6. The number of benzene rings is 11. The van der Waals surface area contributed by atoms with Crippen LogP contribution in [0.3, 0.4) is 0 Å². The molecule has 314 valence electrons. The smallest absolute Gasteiger partial charge is 0.179 e. The van der Waals surface area contributed by atoms with Gasteiger partial charge < -0.3 is 4.42 Å². The minimum absolute atomic E-state index is 0.904. The SMILES string of the molecule is c1ccc(-n2c(-c3cccc(-c4c5ccccc5c(-c5cccc([Si](c6ccccc6)(c6ccccc6)c6ccc7oc8ccccc8c7c6)c5)c5ccccc45)c3)nc3ccccc32)cc1. The molecule has 0 aliphatic carbocycles. The molecule has 2 heterocycles. The van der Waals surface area contributed by atoms with Crippen molar-refractivity contribution in [3.63, 3.8) is 0 Å². The fraction of sp³-hybridized carbons (Fsp3) is 0. The average molecular weight is 871 g/mol. The van der Waals surface area contributed by atoms with Crippen LogP contribution in [0.4, 0.5) is 0 Å². The number of hydrogen-bond acceptors (Lipinski definition) is 2. The maximum atomic E-state index is 6.41. The van der Waals surface area contributed by atoms with Crippen molar-refractivity contribution in [1.29, 1.82) is 0 Å². The number of imidazole rings is 1. The minimum Gasteiger partial charge on any atom is -0.456 e. The molecule has 3 nitrogen and oxygen atoms in total. The maximum absolute atomic E-state index is 6.41. The minimum atomic E-state index is -2.97. The number of rotatable bonds is 8. The lowest BCUT2D eigenvalue weighted by Gasteiger charge is -2.35. The topological polar surface area (TPSA) is 31.0 Å². The highest BCUT2D eigenvalue weighted by molar-refractivity contribution is 7.20. The molecule has 0 N–H and O–H groups in total. The van der Waals surface area contributed by atoms with Crippen LogP contribution in [0.2, 0.25) is 0 Å². The number of hydrogen-bond donors (Lipinski definition) is 0. The standard InChI is InChI=1S/C63H42N2OSi/c1-4-23-46(24-5-1)65-58-36-16-15-35-57(58)64-63(65)45-22-18-20-43(40-45)61-52-31-10-12-33-54(52)62(55-34-13-11-32-53(55)61)44-21-19-29-49(41-44)67(47-25-6-2-7-26-47,48-27-8-3-9-28-48)50-38-39-60-56(42-50)51-30-14-17-37-59(51)66-60/h1-42H. The second kappa shape index (κ2) is 15.8. The van der Waals surface area contributed by atoms with Gasteiger partial charge in [0.1, 0.15) is 17.0 Å². The highest BCUT2D eigenvalue weighted by atomic mass is 28.3. The summed E-state index contributed by atoms with van der Waals surface area (Å²) >= 11 is 0. The fourth-order valence-corrected chi connectivity index (χ4v) is 15.7. The molecule has 0 unspecified atom stereocenters. The van der Waals surface area contributed by atoms with Crippen molar-refractivity contribution in [1.82, 2.24) is 9.55 Å². The molecule has 13 rings (SSSR count). The third-order valence-corrected chi connectivity index (χ3v) is 18.5. The van der Waals surface area contributed by atoms with Gasteiger partial charge in [-0.25, -0.2) is 4.98 Å². The van der Waals surface area contributed by atoms with Crippen molar-refractivity contribution in [2.45, 2.75) is 0 Å². The molecule has 0 saturated heterocycles. The molecular weight excluding hydrogens is 829 g/mol. The maximum Gasteiger partial charge on any atom is 0.179 e. The molecule has 0 spiro atoms. The van der Waals surface area contributed by atoms with E-state index in [0.29, 0.717) is 0 Å². The van der Waals surface area contributed by atoms with E-state index in [-0.39, 0.29) is 0 Å². The quantitative estimate of drug-likeness (QED) is 0.0865. The van der Waals surface area contributed by atoms with Gasteiger partial charge >= 0.3 is 0 Å². The number of para-hydroxylation sites is 4. The Morgan fingerprint density at radius 1 is 0.328 bits per heavy atom. The van der Waals surface area contributed by atoms with Crippen LogP contribution >= 0.6 is 0 Å². The van der Waals surface area contributed by atoms with Gasteiger partial charge in [0.2, 0.25) is 0 Å². The van der Waals surface area contributed by atoms with Crippen molar-refractivity contribution in [2.75, 3.05) is 0 Å². The first-order chi connectivity index (χ1) is 33.2. The molecule has 11 aromatic carbocycles. The molecule has 13 aromatic rings. The summed E-state index contributed by atoms with van der Waals surface area (Å²) in [5, 5.41) is 12.4. The van der Waals surface area contributed by atoms with Crippen molar-refractivity contribution in [2.24, 2.45) is 0 Å². The Kier molecular flexibility index (Phi) is 9.19. The summed E-state index contributed by atoms with van der Waals surface area (Å²) in [6.07, 6.45) is 0. The molecule has 4 heteroatoms. The van der Waals surface area contributed by atoms with E-state index < -0.39 is 8.07 Å². The van der Waals surface area contributed by atoms with Gasteiger partial charge in [-0.15, -0.1) is 0 Å². The van der Waals surface area contributed by atoms with E-state index >= 15 is 0 Å². The highest BCUT2D eigenvalue weighted by Crippen LogP contribution is 2.44. The fourth-order valence-electron chi connectivity index (χ4n) is 10.9. The zero-order valence-electron chi connectivity index (χ0n) is 36.6. The van der Waals surface area contributed by atoms with Crippen molar-refractivity contribution < 1.29 is 4.42 Å². The summed E-state index contributed by atoms with van der Waals surface area (Å²) < 4.78 is 8.70. The van der Waals surface area contributed by atoms with Gasteiger partial charge in [-0.3, -0.25) is 4.57 Å². The van der Waals surface area contributed by atoms with E-state index in [4.69, 9.17) is 9.40 Å². The van der Waals surface area contributed by atoms with Crippen molar-refractivity contribution in [3.8, 4) is 39.3 Å². The molecule has 0 aliphatic heterocycles. The van der Waals surface area contributed by atoms with Crippen LogP contribution < -0.4 is 20.7 Å². The van der Waals surface area contributed by atoms with E-state index in [2.05, 4.69) is 253 Å². The van der Waals surface area contributed by atoms with E-state index in [1.165, 1.54) is 59.0 Å². The van der Waals surface area contributed by atoms with Gasteiger partial charge in [0.05, 0.1) is 11.0 Å². The van der Waals surface area contributed by atoms with Gasteiger partial charge in [0, 0.05) is 22.0 Å². The van der Waals surface area contributed by atoms with Crippen LogP contribution in [-0.4, -0.2) is 17.6 Å². The van der Waals surface area contributed by atoms with Gasteiger partial charge in [-0.2, -0.15) is 0 Å². The predicted octanol–water partition coefficient (Wildman–Crippen LogP) is 13.6. The first-order valence-corrected chi connectivity index (χ1v) is 24.9. The molecule has 0 radical (unpaired) electrons. The van der Waals surface area contributed by atoms with Crippen LogP contribution in [0, 0.1) is 0 Å². The van der Waals surface area contributed by atoms with E-state index in [0.717, 1.165) is 55.6 Å². The molecule has 0 bridgehead atoms. The van der Waals surface area contributed by atoms with E-state index in [1.807, 2.05) is 6.07 Å². The van der Waals surface area contributed by atoms with Gasteiger partial charge in [-0.05, 0) is 107 Å². The summed E-state index contributed by atoms with van der Waals surface area (Å²) in [6, 6.07) is 93.1. The predicted molar refractivity (Wildman–Crippen MR) is 283 cm³/mol. The molecule has 0 aliphatic rings. The van der Waals surface area contributed by atoms with Gasteiger partial charge in [-0.1, -0.05) is 212 Å². The Morgan fingerprint density at radius 2 is 0.806 bits per heavy atom. The molecule has 0 fully saturated rings. The first-order valence-electron chi connectivity index (χ1n) is 22.9. The third-order valence-electron chi connectivity index (χ3n) is 13.7. The molecule has 0 atom stereocenters. The highest BCUT2D eigenvalue weighted by Gasteiger charge is 2.42. The Labute approximate surface area is 389 Å². The van der Waals surface area contributed by atoms with E-state index in [9.17, 15) is 0 Å². The second-order valence-corrected chi connectivity index (χ2v) is 21.2. The molecule has 0 amide bonds.